The lowest BCUT2D eigenvalue weighted by Gasteiger charge is -2.10. The predicted molar refractivity (Wildman–Crippen MR) is 111 cm³/mol. The van der Waals surface area contributed by atoms with Crippen LogP contribution in [0.2, 0.25) is 0 Å². The molecular weight excluding hydrogens is 422 g/mol. The molecule has 0 spiro atoms. The molecule has 0 saturated carbocycles. The molecule has 3 rings (SSSR count). The molecule has 0 fully saturated rings. The molecule has 0 aliphatic rings. The number of hydrogen-bond acceptors (Lipinski definition) is 4. The lowest BCUT2D eigenvalue weighted by Crippen LogP contribution is -2.15. The molecule has 3 aromatic rings. The van der Waals surface area contributed by atoms with Gasteiger partial charge in [-0.15, -0.1) is 0 Å². The lowest BCUT2D eigenvalue weighted by molar-refractivity contribution is 0.0602. The van der Waals surface area contributed by atoms with Crippen LogP contribution in [0, 0.1) is 0 Å². The maximum Gasteiger partial charge on any atom is 0.339 e. The third-order valence-corrected chi connectivity index (χ3v) is 4.54. The van der Waals surface area contributed by atoms with Crippen LogP contribution >= 0.6 is 15.9 Å². The van der Waals surface area contributed by atoms with Gasteiger partial charge in [0.2, 0.25) is 0 Å². The summed E-state index contributed by atoms with van der Waals surface area (Å²) in [6, 6.07) is 21.4. The van der Waals surface area contributed by atoms with Crippen molar-refractivity contribution in [3.63, 3.8) is 0 Å². The highest BCUT2D eigenvalue weighted by Crippen LogP contribution is 2.19. The van der Waals surface area contributed by atoms with Gasteiger partial charge in [0.1, 0.15) is 12.4 Å². The van der Waals surface area contributed by atoms with Crippen LogP contribution in [0.1, 0.15) is 26.3 Å². The lowest BCUT2D eigenvalue weighted by atomic mass is 10.1. The number of ether oxygens (including phenoxy) is 2. The molecule has 0 heterocycles. The van der Waals surface area contributed by atoms with Gasteiger partial charge in [-0.1, -0.05) is 40.2 Å². The Labute approximate surface area is 171 Å². The van der Waals surface area contributed by atoms with Gasteiger partial charge in [0.15, 0.2) is 0 Å². The van der Waals surface area contributed by atoms with Crippen molar-refractivity contribution < 1.29 is 19.1 Å². The number of methoxy groups -OCH3 is 1. The highest BCUT2D eigenvalue weighted by atomic mass is 79.9. The molecule has 1 amide bonds. The highest BCUT2D eigenvalue weighted by molar-refractivity contribution is 9.10. The summed E-state index contributed by atoms with van der Waals surface area (Å²) in [5, 5.41) is 2.75. The molecule has 0 saturated heterocycles. The average molecular weight is 440 g/mol. The fraction of sp³-hybridized carbons (Fsp3) is 0.0909. The summed E-state index contributed by atoms with van der Waals surface area (Å²) in [6.45, 7) is 0.398. The Morgan fingerprint density at radius 2 is 1.61 bits per heavy atom. The first kappa shape index (κ1) is 19.6. The van der Waals surface area contributed by atoms with Crippen LogP contribution in [0.15, 0.2) is 77.3 Å². The number of carbonyl (C=O) groups is 2. The Kier molecular flexibility index (Phi) is 6.45. The van der Waals surface area contributed by atoms with Crippen molar-refractivity contribution in [2.45, 2.75) is 6.61 Å². The molecule has 5 nitrogen and oxygen atoms in total. The third-order valence-electron chi connectivity index (χ3n) is 4.02. The summed E-state index contributed by atoms with van der Waals surface area (Å²) < 4.78 is 11.5. The molecule has 0 aliphatic heterocycles. The zero-order chi connectivity index (χ0) is 19.9. The number of anilines is 1. The zero-order valence-electron chi connectivity index (χ0n) is 15.1. The van der Waals surface area contributed by atoms with Crippen LogP contribution < -0.4 is 10.1 Å². The number of nitrogens with one attached hydrogen (secondary N) is 1. The van der Waals surface area contributed by atoms with Gasteiger partial charge in [0.25, 0.3) is 5.91 Å². The van der Waals surface area contributed by atoms with Crippen LogP contribution in [-0.4, -0.2) is 19.0 Å². The summed E-state index contributed by atoms with van der Waals surface area (Å²) in [5.74, 6) is -0.0440. The van der Waals surface area contributed by atoms with E-state index in [0.717, 1.165) is 15.8 Å². The summed E-state index contributed by atoms with van der Waals surface area (Å²) >= 11 is 3.38. The number of esters is 1. The maximum atomic E-state index is 12.5. The van der Waals surface area contributed by atoms with Crippen molar-refractivity contribution in [3.8, 4) is 5.75 Å². The van der Waals surface area contributed by atoms with Crippen LogP contribution in [-0.2, 0) is 11.3 Å². The normalized spacial score (nSPS) is 10.2. The summed E-state index contributed by atoms with van der Waals surface area (Å²) in [7, 11) is 1.30. The Balaban J connectivity index is 1.64. The molecule has 0 unspecified atom stereocenters. The largest absolute Gasteiger partial charge is 0.489 e. The molecule has 142 valence electrons. The molecule has 1 N–H and O–H groups in total. The van der Waals surface area contributed by atoms with Crippen molar-refractivity contribution in [2.24, 2.45) is 0 Å². The monoisotopic (exact) mass is 439 g/mol. The van der Waals surface area contributed by atoms with E-state index in [1.165, 1.54) is 7.11 Å². The Morgan fingerprint density at radius 3 is 2.29 bits per heavy atom. The summed E-state index contributed by atoms with van der Waals surface area (Å²) in [4.78, 5) is 24.3. The van der Waals surface area contributed by atoms with Gasteiger partial charge in [-0.25, -0.2) is 4.79 Å². The van der Waals surface area contributed by atoms with Crippen LogP contribution in [0.4, 0.5) is 5.69 Å². The van der Waals surface area contributed by atoms with Crippen molar-refractivity contribution in [1.29, 1.82) is 0 Å². The summed E-state index contributed by atoms with van der Waals surface area (Å²) in [6.07, 6.45) is 0. The number of benzene rings is 3. The Bertz CT molecular complexity index is 969. The second-order valence-electron chi connectivity index (χ2n) is 5.93. The smallest absolute Gasteiger partial charge is 0.339 e. The minimum Gasteiger partial charge on any atom is -0.489 e. The van der Waals surface area contributed by atoms with E-state index in [4.69, 9.17) is 9.47 Å². The summed E-state index contributed by atoms with van der Waals surface area (Å²) in [5.41, 5.74) is 2.13. The van der Waals surface area contributed by atoms with E-state index in [9.17, 15) is 9.59 Å². The molecule has 3 aromatic carbocycles. The number of amides is 1. The van der Waals surface area contributed by atoms with Gasteiger partial charge in [0.05, 0.1) is 18.4 Å². The van der Waals surface area contributed by atoms with E-state index in [2.05, 4.69) is 21.2 Å². The fourth-order valence-electron chi connectivity index (χ4n) is 2.52. The van der Waals surface area contributed by atoms with Crippen molar-refractivity contribution in [1.82, 2.24) is 0 Å². The van der Waals surface area contributed by atoms with Crippen molar-refractivity contribution in [3.05, 3.63) is 94.0 Å². The predicted octanol–water partition coefficient (Wildman–Crippen LogP) is 5.07. The maximum absolute atomic E-state index is 12.5. The van der Waals surface area contributed by atoms with Gasteiger partial charge in [-0.3, -0.25) is 4.79 Å². The quantitative estimate of drug-likeness (QED) is 0.544. The molecular formula is C22H18BrNO4. The first-order valence-corrected chi connectivity index (χ1v) is 9.32. The number of carbonyl (C=O) groups excluding carboxylic acids is 2. The Morgan fingerprint density at radius 1 is 0.929 bits per heavy atom. The second kappa shape index (κ2) is 9.19. The number of hydrogen-bond donors (Lipinski definition) is 1. The highest BCUT2D eigenvalue weighted by Gasteiger charge is 2.14. The van der Waals surface area contributed by atoms with Crippen molar-refractivity contribution in [2.75, 3.05) is 12.4 Å². The molecule has 0 radical (unpaired) electrons. The van der Waals surface area contributed by atoms with E-state index in [1.54, 1.807) is 36.4 Å². The first-order chi connectivity index (χ1) is 13.6. The van der Waals surface area contributed by atoms with Gasteiger partial charge in [0, 0.05) is 10.0 Å². The molecule has 0 atom stereocenters. The molecule has 6 heteroatoms. The fourth-order valence-corrected chi connectivity index (χ4v) is 2.79. The van der Waals surface area contributed by atoms with Crippen LogP contribution in [0.25, 0.3) is 0 Å². The first-order valence-electron chi connectivity index (χ1n) is 8.53. The van der Waals surface area contributed by atoms with E-state index in [0.29, 0.717) is 23.4 Å². The van der Waals surface area contributed by atoms with E-state index in [1.807, 2.05) is 36.4 Å². The van der Waals surface area contributed by atoms with Gasteiger partial charge >= 0.3 is 5.97 Å². The standard InChI is InChI=1S/C22H18BrNO4/c1-27-22(26)19-4-2-3-5-20(19)24-21(25)16-8-6-15(7-9-16)14-28-18-12-10-17(23)11-13-18/h2-13H,14H2,1H3,(H,24,25). The van der Waals surface area contributed by atoms with Crippen LogP contribution in [0.3, 0.4) is 0 Å². The van der Waals surface area contributed by atoms with Crippen molar-refractivity contribution >= 4 is 33.5 Å². The average Bonchev–Trinajstić information content (AvgIpc) is 2.73. The van der Waals surface area contributed by atoms with E-state index >= 15 is 0 Å². The topological polar surface area (TPSA) is 64.6 Å². The van der Waals surface area contributed by atoms with Crippen LogP contribution in [0.5, 0.6) is 5.75 Å². The zero-order valence-corrected chi connectivity index (χ0v) is 16.7. The number of para-hydroxylation sites is 1. The minimum absolute atomic E-state index is 0.304. The Hall–Kier alpha value is -3.12. The molecule has 0 aliphatic carbocycles. The second-order valence-corrected chi connectivity index (χ2v) is 6.85. The van der Waals surface area contributed by atoms with E-state index in [-0.39, 0.29) is 5.91 Å². The number of rotatable bonds is 6. The molecule has 0 bridgehead atoms. The van der Waals surface area contributed by atoms with Gasteiger partial charge in [-0.05, 0) is 54.1 Å². The number of halogens is 1. The van der Waals surface area contributed by atoms with Gasteiger partial charge in [-0.2, -0.15) is 0 Å². The molecule has 28 heavy (non-hydrogen) atoms. The third kappa shape index (κ3) is 4.98. The minimum atomic E-state index is -0.503. The molecule has 0 aromatic heterocycles. The van der Waals surface area contributed by atoms with Gasteiger partial charge < -0.3 is 14.8 Å². The van der Waals surface area contributed by atoms with E-state index < -0.39 is 5.97 Å². The SMILES string of the molecule is COC(=O)c1ccccc1NC(=O)c1ccc(COc2ccc(Br)cc2)cc1.